The fourth-order valence-electron chi connectivity index (χ4n) is 1.49. The van der Waals surface area contributed by atoms with E-state index in [0.29, 0.717) is 13.0 Å². The van der Waals surface area contributed by atoms with Crippen LogP contribution in [-0.2, 0) is 6.61 Å². The van der Waals surface area contributed by atoms with Crippen LogP contribution >= 0.6 is 0 Å². The average molecular weight is 233 g/mol. The molecule has 4 heteroatoms. The van der Waals surface area contributed by atoms with Gasteiger partial charge in [0, 0.05) is 5.56 Å². The van der Waals surface area contributed by atoms with Gasteiger partial charge in [-0.3, -0.25) is 0 Å². The van der Waals surface area contributed by atoms with Crippen LogP contribution in [0.5, 0.6) is 5.75 Å². The molecule has 0 saturated heterocycles. The zero-order valence-electron chi connectivity index (χ0n) is 9.67. The molecule has 0 saturated carbocycles. The van der Waals surface area contributed by atoms with Gasteiger partial charge in [0.25, 0.3) is 0 Å². The minimum atomic E-state index is -0.401. The van der Waals surface area contributed by atoms with Crippen molar-refractivity contribution >= 4 is 0 Å². The topological polar surface area (TPSA) is 55.5 Å². The molecule has 1 aromatic heterocycles. The monoisotopic (exact) mass is 233 g/mol. The number of ether oxygens (including phenoxy) is 1. The van der Waals surface area contributed by atoms with Crippen LogP contribution in [0.15, 0.2) is 41.2 Å². The van der Waals surface area contributed by atoms with E-state index in [1.165, 1.54) is 0 Å². The molecule has 4 nitrogen and oxygen atoms in total. The Morgan fingerprint density at radius 2 is 2.12 bits per heavy atom. The first-order valence-electron chi connectivity index (χ1n) is 5.58. The maximum Gasteiger partial charge on any atom is 0.130 e. The van der Waals surface area contributed by atoms with E-state index in [1.54, 1.807) is 12.5 Å². The summed E-state index contributed by atoms with van der Waals surface area (Å²) in [7, 11) is 0. The van der Waals surface area contributed by atoms with Gasteiger partial charge >= 0.3 is 0 Å². The standard InChI is InChI=1S/C13H15NO3/c1-2-13(15)11-3-5-12(6-4-11)16-8-10-7-14-17-9-10/h3-7,9,13,15H,2,8H2,1H3. The first-order chi connectivity index (χ1) is 8.29. The van der Waals surface area contributed by atoms with Crippen molar-refractivity contribution in [2.75, 3.05) is 0 Å². The van der Waals surface area contributed by atoms with Crippen LogP contribution in [0, 0.1) is 0 Å². The van der Waals surface area contributed by atoms with Gasteiger partial charge in [-0.2, -0.15) is 0 Å². The molecule has 90 valence electrons. The molecule has 0 amide bonds. The Bertz CT molecular complexity index is 436. The highest BCUT2D eigenvalue weighted by molar-refractivity contribution is 5.28. The summed E-state index contributed by atoms with van der Waals surface area (Å²) >= 11 is 0. The van der Waals surface area contributed by atoms with Gasteiger partial charge in [-0.05, 0) is 24.1 Å². The van der Waals surface area contributed by atoms with Gasteiger partial charge in [0.2, 0.25) is 0 Å². The quantitative estimate of drug-likeness (QED) is 0.862. The molecular formula is C13H15NO3. The summed E-state index contributed by atoms with van der Waals surface area (Å²) in [5.74, 6) is 0.762. The first-order valence-corrected chi connectivity index (χ1v) is 5.58. The van der Waals surface area contributed by atoms with Crippen LogP contribution in [0.25, 0.3) is 0 Å². The lowest BCUT2D eigenvalue weighted by Crippen LogP contribution is -1.96. The van der Waals surface area contributed by atoms with Gasteiger partial charge in [-0.25, -0.2) is 0 Å². The zero-order chi connectivity index (χ0) is 12.1. The summed E-state index contributed by atoms with van der Waals surface area (Å²) < 4.78 is 10.2. The summed E-state index contributed by atoms with van der Waals surface area (Å²) in [6.07, 6.45) is 3.48. The third kappa shape index (κ3) is 3.07. The van der Waals surface area contributed by atoms with E-state index in [9.17, 15) is 5.11 Å². The molecular weight excluding hydrogens is 218 g/mol. The Hall–Kier alpha value is -1.81. The largest absolute Gasteiger partial charge is 0.489 e. The Morgan fingerprint density at radius 1 is 1.35 bits per heavy atom. The van der Waals surface area contributed by atoms with Crippen molar-refractivity contribution in [3.05, 3.63) is 47.9 Å². The summed E-state index contributed by atoms with van der Waals surface area (Å²) in [6.45, 7) is 2.38. The lowest BCUT2D eigenvalue weighted by molar-refractivity contribution is 0.173. The molecule has 0 radical (unpaired) electrons. The summed E-state index contributed by atoms with van der Waals surface area (Å²) in [5, 5.41) is 13.2. The number of benzene rings is 1. The molecule has 0 spiro atoms. The maximum atomic E-state index is 9.64. The fourth-order valence-corrected chi connectivity index (χ4v) is 1.49. The van der Waals surface area contributed by atoms with Crippen LogP contribution in [0.1, 0.15) is 30.6 Å². The molecule has 2 aromatic rings. The Morgan fingerprint density at radius 3 is 2.71 bits per heavy atom. The van der Waals surface area contributed by atoms with Gasteiger partial charge in [0.15, 0.2) is 0 Å². The highest BCUT2D eigenvalue weighted by atomic mass is 16.5. The van der Waals surface area contributed by atoms with Gasteiger partial charge in [-0.15, -0.1) is 0 Å². The number of hydrogen-bond acceptors (Lipinski definition) is 4. The van der Waals surface area contributed by atoms with Crippen molar-refractivity contribution < 1.29 is 14.4 Å². The van der Waals surface area contributed by atoms with E-state index >= 15 is 0 Å². The molecule has 0 aliphatic carbocycles. The zero-order valence-corrected chi connectivity index (χ0v) is 9.67. The molecule has 0 fully saturated rings. The van der Waals surface area contributed by atoms with Crippen molar-refractivity contribution in [1.82, 2.24) is 5.16 Å². The molecule has 1 unspecified atom stereocenters. The second-order valence-electron chi connectivity index (χ2n) is 3.81. The van der Waals surface area contributed by atoms with Crippen LogP contribution in [0.4, 0.5) is 0 Å². The minimum absolute atomic E-state index is 0.401. The molecule has 0 bridgehead atoms. The van der Waals surface area contributed by atoms with Crippen molar-refractivity contribution in [2.45, 2.75) is 26.1 Å². The first kappa shape index (κ1) is 11.7. The van der Waals surface area contributed by atoms with Crippen LogP contribution in [-0.4, -0.2) is 10.3 Å². The molecule has 1 heterocycles. The van der Waals surface area contributed by atoms with Crippen molar-refractivity contribution in [1.29, 1.82) is 0 Å². The Kier molecular flexibility index (Phi) is 3.77. The number of aromatic nitrogens is 1. The van der Waals surface area contributed by atoms with E-state index < -0.39 is 6.10 Å². The predicted molar refractivity (Wildman–Crippen MR) is 62.5 cm³/mol. The second kappa shape index (κ2) is 5.50. The highest BCUT2D eigenvalue weighted by Gasteiger charge is 2.04. The highest BCUT2D eigenvalue weighted by Crippen LogP contribution is 2.20. The second-order valence-corrected chi connectivity index (χ2v) is 3.81. The normalized spacial score (nSPS) is 12.4. The molecule has 17 heavy (non-hydrogen) atoms. The van der Waals surface area contributed by atoms with Crippen LogP contribution in [0.3, 0.4) is 0 Å². The van der Waals surface area contributed by atoms with Gasteiger partial charge in [0.1, 0.15) is 18.6 Å². The number of hydrogen-bond donors (Lipinski definition) is 1. The SMILES string of the molecule is CCC(O)c1ccc(OCc2cnoc2)cc1. The lowest BCUT2D eigenvalue weighted by atomic mass is 10.1. The number of nitrogens with zero attached hydrogens (tertiary/aromatic N) is 1. The van der Waals surface area contributed by atoms with E-state index in [2.05, 4.69) is 5.16 Å². The number of aliphatic hydroxyl groups is 1. The number of rotatable bonds is 5. The fraction of sp³-hybridized carbons (Fsp3) is 0.308. The Balaban J connectivity index is 1.94. The molecule has 1 aromatic carbocycles. The van der Waals surface area contributed by atoms with Crippen molar-refractivity contribution in [3.8, 4) is 5.75 Å². The molecule has 0 aliphatic heterocycles. The smallest absolute Gasteiger partial charge is 0.130 e. The third-order valence-corrected chi connectivity index (χ3v) is 2.54. The molecule has 0 aliphatic rings. The lowest BCUT2D eigenvalue weighted by Gasteiger charge is -2.09. The predicted octanol–water partition coefficient (Wildman–Crippen LogP) is 2.70. The summed E-state index contributed by atoms with van der Waals surface area (Å²) in [6, 6.07) is 7.44. The van der Waals surface area contributed by atoms with Gasteiger partial charge in [-0.1, -0.05) is 24.2 Å². The average Bonchev–Trinajstić information content (AvgIpc) is 2.89. The van der Waals surface area contributed by atoms with Gasteiger partial charge < -0.3 is 14.4 Å². The van der Waals surface area contributed by atoms with E-state index in [4.69, 9.17) is 9.26 Å². The van der Waals surface area contributed by atoms with E-state index in [1.807, 2.05) is 31.2 Å². The summed E-state index contributed by atoms with van der Waals surface area (Å²) in [4.78, 5) is 0. The molecule has 2 rings (SSSR count). The third-order valence-electron chi connectivity index (χ3n) is 2.54. The Labute approximate surface area is 99.8 Å². The maximum absolute atomic E-state index is 9.64. The minimum Gasteiger partial charge on any atom is -0.489 e. The van der Waals surface area contributed by atoms with Crippen LogP contribution < -0.4 is 4.74 Å². The van der Waals surface area contributed by atoms with Crippen molar-refractivity contribution in [3.63, 3.8) is 0 Å². The molecule has 1 atom stereocenters. The number of aliphatic hydroxyl groups excluding tert-OH is 1. The van der Waals surface area contributed by atoms with E-state index in [-0.39, 0.29) is 0 Å². The van der Waals surface area contributed by atoms with Crippen molar-refractivity contribution in [2.24, 2.45) is 0 Å². The van der Waals surface area contributed by atoms with E-state index in [0.717, 1.165) is 16.9 Å². The summed E-state index contributed by atoms with van der Waals surface area (Å²) in [5.41, 5.74) is 1.80. The van der Waals surface area contributed by atoms with Gasteiger partial charge in [0.05, 0.1) is 12.3 Å². The molecule has 1 N–H and O–H groups in total. The van der Waals surface area contributed by atoms with Crippen LogP contribution in [0.2, 0.25) is 0 Å².